The molecule has 0 fully saturated rings. The fourth-order valence-corrected chi connectivity index (χ4v) is 1.43. The van der Waals surface area contributed by atoms with Crippen molar-refractivity contribution < 1.29 is 19.5 Å². The quantitative estimate of drug-likeness (QED) is 0.472. The summed E-state index contributed by atoms with van der Waals surface area (Å²) in [5.74, 6) is -0.561. The van der Waals surface area contributed by atoms with E-state index in [1.807, 2.05) is 30.3 Å². The van der Waals surface area contributed by atoms with Crippen LogP contribution in [0, 0.1) is 0 Å². The Hall–Kier alpha value is -2.08. The summed E-state index contributed by atoms with van der Waals surface area (Å²) in [6, 6.07) is 7.61. The van der Waals surface area contributed by atoms with Gasteiger partial charge >= 0.3 is 12.0 Å². The zero-order chi connectivity index (χ0) is 13.5. The van der Waals surface area contributed by atoms with Gasteiger partial charge in [0.15, 0.2) is 0 Å². The predicted octanol–water partition coefficient (Wildman–Crippen LogP) is 0.801. The van der Waals surface area contributed by atoms with Gasteiger partial charge in [0.25, 0.3) is 0 Å². The molecule has 18 heavy (non-hydrogen) atoms. The van der Waals surface area contributed by atoms with Crippen LogP contribution in [0.15, 0.2) is 30.3 Å². The van der Waals surface area contributed by atoms with Crippen molar-refractivity contribution in [2.75, 3.05) is 14.2 Å². The number of hydrogen-bond donors (Lipinski definition) is 2. The van der Waals surface area contributed by atoms with E-state index in [1.54, 1.807) is 0 Å². The first kappa shape index (κ1) is 14.0. The van der Waals surface area contributed by atoms with Crippen molar-refractivity contribution in [2.24, 2.45) is 0 Å². The normalized spacial score (nSPS) is 11.5. The SMILES string of the molecule is COC(=O)[C@H](Cc1ccccc1)NC(=O)N(C)O. The molecule has 0 radical (unpaired) electrons. The summed E-state index contributed by atoms with van der Waals surface area (Å²) in [4.78, 5) is 22.9. The largest absolute Gasteiger partial charge is 0.467 e. The highest BCUT2D eigenvalue weighted by atomic mass is 16.5. The van der Waals surface area contributed by atoms with Gasteiger partial charge in [-0.25, -0.2) is 14.7 Å². The van der Waals surface area contributed by atoms with E-state index < -0.39 is 18.0 Å². The van der Waals surface area contributed by atoms with Gasteiger partial charge in [-0.1, -0.05) is 30.3 Å². The molecule has 6 heteroatoms. The number of carbonyl (C=O) groups excluding carboxylic acids is 2. The smallest absolute Gasteiger partial charge is 0.341 e. The van der Waals surface area contributed by atoms with Gasteiger partial charge in [0, 0.05) is 13.5 Å². The van der Waals surface area contributed by atoms with Gasteiger partial charge in [0.05, 0.1) is 7.11 Å². The lowest BCUT2D eigenvalue weighted by atomic mass is 10.1. The maximum atomic E-state index is 11.5. The van der Waals surface area contributed by atoms with Crippen LogP contribution in [0.1, 0.15) is 5.56 Å². The summed E-state index contributed by atoms with van der Waals surface area (Å²) in [6.07, 6.45) is 0.299. The van der Waals surface area contributed by atoms with E-state index in [2.05, 4.69) is 10.1 Å². The van der Waals surface area contributed by atoms with Crippen molar-refractivity contribution in [3.05, 3.63) is 35.9 Å². The lowest BCUT2D eigenvalue weighted by molar-refractivity contribution is -0.143. The summed E-state index contributed by atoms with van der Waals surface area (Å²) < 4.78 is 4.61. The standard InChI is InChI=1S/C12H16N2O4/c1-14(17)12(16)13-10(11(15)18-2)8-9-6-4-3-5-7-9/h3-7,10,17H,8H2,1-2H3,(H,13,16)/t10-/m0/s1. The van der Waals surface area contributed by atoms with Crippen LogP contribution in [0.4, 0.5) is 4.79 Å². The molecule has 0 saturated carbocycles. The van der Waals surface area contributed by atoms with Crippen molar-refractivity contribution in [2.45, 2.75) is 12.5 Å². The van der Waals surface area contributed by atoms with Gasteiger partial charge in [-0.15, -0.1) is 0 Å². The Morgan fingerprint density at radius 3 is 2.50 bits per heavy atom. The average Bonchev–Trinajstić information content (AvgIpc) is 2.38. The molecule has 0 saturated heterocycles. The Labute approximate surface area is 105 Å². The molecule has 1 aromatic rings. The van der Waals surface area contributed by atoms with Gasteiger partial charge in [-0.05, 0) is 5.56 Å². The van der Waals surface area contributed by atoms with Gasteiger partial charge in [0.1, 0.15) is 6.04 Å². The summed E-state index contributed by atoms with van der Waals surface area (Å²) >= 11 is 0. The maximum Gasteiger partial charge on any atom is 0.341 e. The fourth-order valence-electron chi connectivity index (χ4n) is 1.43. The number of amides is 2. The summed E-state index contributed by atoms with van der Waals surface area (Å²) in [5, 5.41) is 11.7. The molecule has 1 atom stereocenters. The minimum atomic E-state index is -0.834. The number of nitrogens with one attached hydrogen (secondary N) is 1. The molecule has 0 aromatic heterocycles. The highest BCUT2D eigenvalue weighted by Crippen LogP contribution is 2.04. The molecule has 6 nitrogen and oxygen atoms in total. The van der Waals surface area contributed by atoms with Crippen molar-refractivity contribution >= 4 is 12.0 Å². The van der Waals surface area contributed by atoms with E-state index in [-0.39, 0.29) is 0 Å². The highest BCUT2D eigenvalue weighted by Gasteiger charge is 2.22. The third kappa shape index (κ3) is 4.06. The second kappa shape index (κ2) is 6.61. The molecule has 0 aliphatic rings. The van der Waals surface area contributed by atoms with Gasteiger partial charge in [-0.3, -0.25) is 5.21 Å². The van der Waals surface area contributed by atoms with Crippen LogP contribution in [0.2, 0.25) is 0 Å². The van der Waals surface area contributed by atoms with Crippen LogP contribution in [0.3, 0.4) is 0 Å². The van der Waals surface area contributed by atoms with Crippen LogP contribution in [-0.4, -0.2) is 42.5 Å². The number of rotatable bonds is 4. The minimum absolute atomic E-state index is 0.299. The number of carbonyl (C=O) groups is 2. The first-order valence-electron chi connectivity index (χ1n) is 5.39. The number of ether oxygens (including phenoxy) is 1. The number of esters is 1. The van der Waals surface area contributed by atoms with Crippen molar-refractivity contribution in [3.63, 3.8) is 0 Å². The lowest BCUT2D eigenvalue weighted by Gasteiger charge is -2.18. The second-order valence-corrected chi connectivity index (χ2v) is 3.74. The van der Waals surface area contributed by atoms with E-state index in [1.165, 1.54) is 14.2 Å². The molecule has 0 aliphatic carbocycles. The summed E-state index contributed by atoms with van der Waals surface area (Å²) in [6.45, 7) is 0. The van der Waals surface area contributed by atoms with E-state index in [0.717, 1.165) is 5.56 Å². The second-order valence-electron chi connectivity index (χ2n) is 3.74. The molecule has 1 aromatic carbocycles. The van der Waals surface area contributed by atoms with Crippen LogP contribution in [0.5, 0.6) is 0 Å². The molecule has 0 aliphatic heterocycles. The lowest BCUT2D eigenvalue weighted by Crippen LogP contribution is -2.47. The molecule has 0 heterocycles. The Kier molecular flexibility index (Phi) is 5.13. The van der Waals surface area contributed by atoms with Crippen molar-refractivity contribution in [1.82, 2.24) is 10.4 Å². The molecular formula is C12H16N2O4. The van der Waals surface area contributed by atoms with Gasteiger partial charge in [0.2, 0.25) is 0 Å². The monoisotopic (exact) mass is 252 g/mol. The Balaban J connectivity index is 2.73. The zero-order valence-electron chi connectivity index (χ0n) is 10.3. The predicted molar refractivity (Wildman–Crippen MR) is 64.0 cm³/mol. The Morgan fingerprint density at radius 1 is 1.39 bits per heavy atom. The molecule has 2 N–H and O–H groups in total. The van der Waals surface area contributed by atoms with E-state index in [9.17, 15) is 9.59 Å². The third-order valence-corrected chi connectivity index (χ3v) is 2.36. The molecule has 98 valence electrons. The number of methoxy groups -OCH3 is 1. The molecule has 0 unspecified atom stereocenters. The van der Waals surface area contributed by atoms with E-state index in [4.69, 9.17) is 5.21 Å². The van der Waals surface area contributed by atoms with Crippen molar-refractivity contribution in [3.8, 4) is 0 Å². The molecule has 0 bridgehead atoms. The molecule has 2 amide bonds. The minimum Gasteiger partial charge on any atom is -0.467 e. The Morgan fingerprint density at radius 2 is 2.00 bits per heavy atom. The number of hydroxylamine groups is 2. The first-order valence-corrected chi connectivity index (χ1v) is 5.39. The summed E-state index contributed by atoms with van der Waals surface area (Å²) in [7, 11) is 2.42. The van der Waals surface area contributed by atoms with Crippen LogP contribution in [0.25, 0.3) is 0 Å². The summed E-state index contributed by atoms with van der Waals surface area (Å²) in [5.41, 5.74) is 0.883. The molecule has 0 spiro atoms. The topological polar surface area (TPSA) is 78.9 Å². The average molecular weight is 252 g/mol. The van der Waals surface area contributed by atoms with Crippen molar-refractivity contribution in [1.29, 1.82) is 0 Å². The maximum absolute atomic E-state index is 11.5. The number of benzene rings is 1. The Bertz CT molecular complexity index is 406. The zero-order valence-corrected chi connectivity index (χ0v) is 10.3. The van der Waals surface area contributed by atoms with Crippen LogP contribution >= 0.6 is 0 Å². The van der Waals surface area contributed by atoms with Crippen LogP contribution < -0.4 is 5.32 Å². The van der Waals surface area contributed by atoms with Gasteiger partial charge in [-0.2, -0.15) is 0 Å². The van der Waals surface area contributed by atoms with E-state index >= 15 is 0 Å². The highest BCUT2D eigenvalue weighted by molar-refractivity contribution is 5.83. The first-order chi connectivity index (χ1) is 8.54. The number of hydrogen-bond acceptors (Lipinski definition) is 4. The fraction of sp³-hybridized carbons (Fsp3) is 0.333. The molecule has 1 rings (SSSR count). The van der Waals surface area contributed by atoms with Crippen LogP contribution in [-0.2, 0) is 16.0 Å². The third-order valence-electron chi connectivity index (χ3n) is 2.36. The van der Waals surface area contributed by atoms with Gasteiger partial charge < -0.3 is 10.1 Å². The van der Waals surface area contributed by atoms with E-state index in [0.29, 0.717) is 11.5 Å². The number of nitrogens with zero attached hydrogens (tertiary/aromatic N) is 1. The molecular weight excluding hydrogens is 236 g/mol. The number of urea groups is 1.